The number of hydrogen-bond acceptors (Lipinski definition) is 3. The van der Waals surface area contributed by atoms with E-state index in [1.807, 2.05) is 37.3 Å². The van der Waals surface area contributed by atoms with Crippen LogP contribution in [-0.4, -0.2) is 22.4 Å². The van der Waals surface area contributed by atoms with Gasteiger partial charge in [-0.3, -0.25) is 4.68 Å². The van der Waals surface area contributed by atoms with Crippen LogP contribution in [0.5, 0.6) is 0 Å². The van der Waals surface area contributed by atoms with Crippen molar-refractivity contribution in [3.8, 4) is 22.5 Å². The van der Waals surface area contributed by atoms with Crippen LogP contribution in [0, 0.1) is 0 Å². The maximum atomic E-state index is 12.0. The van der Waals surface area contributed by atoms with Crippen molar-refractivity contribution in [1.29, 1.82) is 0 Å². The van der Waals surface area contributed by atoms with Gasteiger partial charge in [-0.15, -0.1) is 0 Å². The summed E-state index contributed by atoms with van der Waals surface area (Å²) in [6.07, 6.45) is 1.96. The van der Waals surface area contributed by atoms with Gasteiger partial charge in [0.15, 0.2) is 0 Å². The molecule has 0 saturated heterocycles. The van der Waals surface area contributed by atoms with Gasteiger partial charge < -0.3 is 4.74 Å². The zero-order valence-corrected chi connectivity index (χ0v) is 17.5. The number of hydrogen-bond donors (Lipinski definition) is 0. The Hall–Kier alpha value is -3.66. The summed E-state index contributed by atoms with van der Waals surface area (Å²) in [4.78, 5) is 12.0. The van der Waals surface area contributed by atoms with Gasteiger partial charge in [0.1, 0.15) is 0 Å². The molecule has 5 rings (SSSR count). The number of esters is 1. The standard InChI is InChI=1S/C27H24N2O2/c1-2-31-27(30)22-14-12-21(13-15-22)25-24-17-16-20-10-6-7-11-23(20)26(24)29(28-25)18-19-8-4-3-5-9-19/h3-15H,2,16-18H2,1H3. The van der Waals surface area contributed by atoms with E-state index in [-0.39, 0.29) is 5.97 Å². The van der Waals surface area contributed by atoms with E-state index in [9.17, 15) is 4.79 Å². The summed E-state index contributed by atoms with van der Waals surface area (Å²) in [6, 6.07) is 26.7. The molecule has 0 spiro atoms. The Balaban J connectivity index is 1.60. The summed E-state index contributed by atoms with van der Waals surface area (Å²) < 4.78 is 7.25. The van der Waals surface area contributed by atoms with E-state index in [4.69, 9.17) is 9.84 Å². The van der Waals surface area contributed by atoms with E-state index in [1.54, 1.807) is 0 Å². The highest BCUT2D eigenvalue weighted by Crippen LogP contribution is 2.39. The third kappa shape index (κ3) is 3.66. The molecule has 1 aliphatic rings. The highest BCUT2D eigenvalue weighted by atomic mass is 16.5. The van der Waals surface area contributed by atoms with Gasteiger partial charge in [-0.25, -0.2) is 4.79 Å². The molecule has 154 valence electrons. The molecule has 1 heterocycles. The molecule has 0 unspecified atom stereocenters. The highest BCUT2D eigenvalue weighted by Gasteiger charge is 2.25. The number of aryl methyl sites for hydroxylation is 1. The third-order valence-electron chi connectivity index (χ3n) is 5.81. The maximum Gasteiger partial charge on any atom is 0.338 e. The number of nitrogens with zero attached hydrogens (tertiary/aromatic N) is 2. The van der Waals surface area contributed by atoms with E-state index in [0.29, 0.717) is 12.2 Å². The Morgan fingerprint density at radius 2 is 1.68 bits per heavy atom. The summed E-state index contributed by atoms with van der Waals surface area (Å²) in [5, 5.41) is 5.07. The molecule has 0 radical (unpaired) electrons. The first-order valence-electron chi connectivity index (χ1n) is 10.7. The second-order valence-corrected chi connectivity index (χ2v) is 7.77. The minimum absolute atomic E-state index is 0.292. The molecule has 0 amide bonds. The van der Waals surface area contributed by atoms with Crippen molar-refractivity contribution in [3.63, 3.8) is 0 Å². The van der Waals surface area contributed by atoms with Gasteiger partial charge in [0.05, 0.1) is 30.1 Å². The van der Waals surface area contributed by atoms with Crippen molar-refractivity contribution < 1.29 is 9.53 Å². The predicted molar refractivity (Wildman–Crippen MR) is 122 cm³/mol. The molecule has 1 aromatic heterocycles. The topological polar surface area (TPSA) is 44.1 Å². The largest absolute Gasteiger partial charge is 0.462 e. The van der Waals surface area contributed by atoms with Gasteiger partial charge in [-0.2, -0.15) is 5.10 Å². The molecule has 1 aliphatic carbocycles. The van der Waals surface area contributed by atoms with E-state index in [1.165, 1.54) is 27.9 Å². The van der Waals surface area contributed by atoms with Crippen molar-refractivity contribution in [2.24, 2.45) is 0 Å². The monoisotopic (exact) mass is 408 g/mol. The Kier molecular flexibility index (Phi) is 5.13. The highest BCUT2D eigenvalue weighted by molar-refractivity contribution is 5.90. The van der Waals surface area contributed by atoms with Crippen LogP contribution in [0.25, 0.3) is 22.5 Å². The number of aromatic nitrogens is 2. The molecule has 4 nitrogen and oxygen atoms in total. The van der Waals surface area contributed by atoms with Crippen LogP contribution in [0.15, 0.2) is 78.9 Å². The normalized spacial score (nSPS) is 12.2. The van der Waals surface area contributed by atoms with Crippen LogP contribution < -0.4 is 0 Å². The van der Waals surface area contributed by atoms with E-state index >= 15 is 0 Å². The SMILES string of the molecule is CCOC(=O)c1ccc(-c2nn(Cc3ccccc3)c3c2CCc2ccccc2-3)cc1. The summed E-state index contributed by atoms with van der Waals surface area (Å²) in [7, 11) is 0. The van der Waals surface area contributed by atoms with E-state index < -0.39 is 0 Å². The van der Waals surface area contributed by atoms with Crippen molar-refractivity contribution in [2.75, 3.05) is 6.61 Å². The molecular formula is C27H24N2O2. The number of carbonyl (C=O) groups is 1. The first-order valence-corrected chi connectivity index (χ1v) is 10.7. The third-order valence-corrected chi connectivity index (χ3v) is 5.81. The molecule has 0 saturated carbocycles. The quantitative estimate of drug-likeness (QED) is 0.407. The summed E-state index contributed by atoms with van der Waals surface area (Å²) >= 11 is 0. The first kappa shape index (κ1) is 19.3. The second-order valence-electron chi connectivity index (χ2n) is 7.77. The molecule has 4 aromatic rings. The van der Waals surface area contributed by atoms with Gasteiger partial charge in [0, 0.05) is 16.7 Å². The molecule has 4 heteroatoms. The molecule has 0 fully saturated rings. The lowest BCUT2D eigenvalue weighted by Gasteiger charge is -2.19. The predicted octanol–water partition coefficient (Wildman–Crippen LogP) is 5.54. The lowest BCUT2D eigenvalue weighted by atomic mass is 9.87. The number of fused-ring (bicyclic) bond motifs is 3. The average molecular weight is 409 g/mol. The Morgan fingerprint density at radius 1 is 0.935 bits per heavy atom. The molecule has 0 atom stereocenters. The molecule has 0 aliphatic heterocycles. The summed E-state index contributed by atoms with van der Waals surface area (Å²) in [5.41, 5.74) is 8.92. The van der Waals surface area contributed by atoms with Crippen molar-refractivity contribution in [3.05, 3.63) is 101 Å². The maximum absolute atomic E-state index is 12.0. The Morgan fingerprint density at radius 3 is 2.45 bits per heavy atom. The van der Waals surface area contributed by atoms with Gasteiger partial charge >= 0.3 is 5.97 Å². The Labute approximate surface area is 182 Å². The molecule has 0 N–H and O–H groups in total. The van der Waals surface area contributed by atoms with Crippen molar-refractivity contribution in [2.45, 2.75) is 26.3 Å². The van der Waals surface area contributed by atoms with E-state index in [0.717, 1.165) is 30.6 Å². The zero-order chi connectivity index (χ0) is 21.2. The minimum Gasteiger partial charge on any atom is -0.462 e. The van der Waals surface area contributed by atoms with Crippen molar-refractivity contribution in [1.82, 2.24) is 9.78 Å². The molecule has 31 heavy (non-hydrogen) atoms. The summed E-state index contributed by atoms with van der Waals surface area (Å²) in [5.74, 6) is -0.292. The lowest BCUT2D eigenvalue weighted by Crippen LogP contribution is -2.09. The van der Waals surface area contributed by atoms with Crippen LogP contribution in [0.4, 0.5) is 0 Å². The van der Waals surface area contributed by atoms with Gasteiger partial charge in [-0.1, -0.05) is 66.7 Å². The van der Waals surface area contributed by atoms with E-state index in [2.05, 4.69) is 53.2 Å². The lowest BCUT2D eigenvalue weighted by molar-refractivity contribution is 0.0526. The number of benzene rings is 3. The van der Waals surface area contributed by atoms with Gasteiger partial charge in [-0.05, 0) is 43.0 Å². The van der Waals surface area contributed by atoms with Crippen LogP contribution in [0.2, 0.25) is 0 Å². The second kappa shape index (κ2) is 8.23. The Bertz CT molecular complexity index is 1220. The molecule has 0 bridgehead atoms. The van der Waals surface area contributed by atoms with Gasteiger partial charge in [0.25, 0.3) is 0 Å². The van der Waals surface area contributed by atoms with Crippen LogP contribution in [-0.2, 0) is 24.1 Å². The molecule has 3 aromatic carbocycles. The molecular weight excluding hydrogens is 384 g/mol. The zero-order valence-electron chi connectivity index (χ0n) is 17.5. The van der Waals surface area contributed by atoms with Crippen LogP contribution >= 0.6 is 0 Å². The first-order chi connectivity index (χ1) is 15.2. The fourth-order valence-electron chi connectivity index (χ4n) is 4.35. The fourth-order valence-corrected chi connectivity index (χ4v) is 4.35. The van der Waals surface area contributed by atoms with Crippen LogP contribution in [0.3, 0.4) is 0 Å². The smallest absolute Gasteiger partial charge is 0.338 e. The van der Waals surface area contributed by atoms with Crippen LogP contribution in [0.1, 0.15) is 34.0 Å². The average Bonchev–Trinajstić information content (AvgIpc) is 3.19. The number of carbonyl (C=O) groups excluding carboxylic acids is 1. The fraction of sp³-hybridized carbons (Fsp3) is 0.185. The number of ether oxygens (including phenoxy) is 1. The van der Waals surface area contributed by atoms with Gasteiger partial charge in [0.2, 0.25) is 0 Å². The summed E-state index contributed by atoms with van der Waals surface area (Å²) in [6.45, 7) is 2.91. The van der Waals surface area contributed by atoms with Crippen molar-refractivity contribution >= 4 is 5.97 Å². The minimum atomic E-state index is -0.292. The number of rotatable bonds is 5.